The van der Waals surface area contributed by atoms with Crippen molar-refractivity contribution in [2.75, 3.05) is 0 Å². The van der Waals surface area contributed by atoms with Crippen LogP contribution in [-0.4, -0.2) is 12.4 Å². The first-order valence-corrected chi connectivity index (χ1v) is 7.11. The van der Waals surface area contributed by atoms with Gasteiger partial charge in [-0.15, -0.1) is 0 Å². The predicted molar refractivity (Wildman–Crippen MR) is 97.2 cm³/mol. The lowest BCUT2D eigenvalue weighted by molar-refractivity contribution is 1.13. The summed E-state index contributed by atoms with van der Waals surface area (Å²) in [5.74, 6) is 0. The van der Waals surface area contributed by atoms with Gasteiger partial charge < -0.3 is 0 Å². The number of hydrogen-bond acceptors (Lipinski definition) is 2. The summed E-state index contributed by atoms with van der Waals surface area (Å²) in [4.78, 5) is 8.58. The van der Waals surface area contributed by atoms with Gasteiger partial charge in [-0.25, -0.2) is 0 Å². The Balaban J connectivity index is 2.11. The Hall–Kier alpha value is -2.74. The van der Waals surface area contributed by atoms with Crippen LogP contribution in [0.2, 0.25) is 0 Å². The average molecular weight is 288 g/mol. The summed E-state index contributed by atoms with van der Waals surface area (Å²) >= 11 is 0. The van der Waals surface area contributed by atoms with Crippen molar-refractivity contribution < 1.29 is 0 Å². The molecule has 2 aliphatic rings. The van der Waals surface area contributed by atoms with Crippen molar-refractivity contribution in [2.24, 2.45) is 9.98 Å². The fourth-order valence-corrected chi connectivity index (χ4v) is 2.11. The van der Waals surface area contributed by atoms with Crippen LogP contribution in [-0.2, 0) is 0 Å². The summed E-state index contributed by atoms with van der Waals surface area (Å²) in [6, 6.07) is 0. The molecule has 110 valence electrons. The summed E-state index contributed by atoms with van der Waals surface area (Å²) in [6.45, 7) is 16.1. The van der Waals surface area contributed by atoms with Crippen LogP contribution in [0, 0.1) is 0 Å². The average Bonchev–Trinajstić information content (AvgIpc) is 2.78. The van der Waals surface area contributed by atoms with Crippen LogP contribution in [0.1, 0.15) is 12.8 Å². The van der Waals surface area contributed by atoms with Crippen LogP contribution in [0.15, 0.2) is 106 Å². The van der Waals surface area contributed by atoms with Crippen molar-refractivity contribution in [3.63, 3.8) is 0 Å². The Kier molecular flexibility index (Phi) is 5.21. The highest BCUT2D eigenvalue weighted by Gasteiger charge is 2.04. The van der Waals surface area contributed by atoms with E-state index in [4.69, 9.17) is 0 Å². The molecule has 0 N–H and O–H groups in total. The van der Waals surface area contributed by atoms with Gasteiger partial charge in [-0.2, -0.15) is 0 Å². The summed E-state index contributed by atoms with van der Waals surface area (Å²) in [5.41, 5.74) is 5.62. The first kappa shape index (κ1) is 15.6. The summed E-state index contributed by atoms with van der Waals surface area (Å²) in [6.07, 6.45) is 16.7. The molecule has 0 fully saturated rings. The van der Waals surface area contributed by atoms with Gasteiger partial charge in [0.25, 0.3) is 0 Å². The number of allylic oxidation sites excluding steroid dienone is 10. The second-order valence-electron chi connectivity index (χ2n) is 5.26. The van der Waals surface area contributed by atoms with E-state index in [1.54, 1.807) is 12.4 Å². The molecule has 2 nitrogen and oxygen atoms in total. The Morgan fingerprint density at radius 3 is 2.41 bits per heavy atom. The Morgan fingerprint density at radius 1 is 0.909 bits per heavy atom. The molecule has 0 saturated carbocycles. The van der Waals surface area contributed by atoms with Crippen LogP contribution in [0.5, 0.6) is 0 Å². The van der Waals surface area contributed by atoms with E-state index < -0.39 is 0 Å². The third kappa shape index (κ3) is 4.67. The number of nitrogens with zero attached hydrogens (tertiary/aromatic N) is 2. The normalized spacial score (nSPS) is 21.3. The molecule has 0 spiro atoms. The Bertz CT molecular complexity index is 642. The van der Waals surface area contributed by atoms with Crippen LogP contribution in [0.25, 0.3) is 0 Å². The maximum atomic E-state index is 4.39. The lowest BCUT2D eigenvalue weighted by Crippen LogP contribution is -1.87. The van der Waals surface area contributed by atoms with Gasteiger partial charge in [0.05, 0.1) is 0 Å². The molecule has 2 aliphatic heterocycles. The predicted octanol–water partition coefficient (Wildman–Crippen LogP) is 5.04. The van der Waals surface area contributed by atoms with E-state index in [-0.39, 0.29) is 0 Å². The maximum absolute atomic E-state index is 4.39. The second kappa shape index (κ2) is 7.32. The van der Waals surface area contributed by atoms with E-state index in [9.17, 15) is 0 Å². The molecule has 2 rings (SSSR count). The van der Waals surface area contributed by atoms with E-state index in [0.717, 1.165) is 46.5 Å². The fourth-order valence-electron chi connectivity index (χ4n) is 2.11. The van der Waals surface area contributed by atoms with Gasteiger partial charge in [0, 0.05) is 36.7 Å². The summed E-state index contributed by atoms with van der Waals surface area (Å²) < 4.78 is 0. The van der Waals surface area contributed by atoms with Crippen molar-refractivity contribution in [1.29, 1.82) is 0 Å². The molecule has 0 aromatic rings. The second-order valence-corrected chi connectivity index (χ2v) is 5.26. The van der Waals surface area contributed by atoms with Gasteiger partial charge in [-0.05, 0) is 40.5 Å². The zero-order chi connectivity index (χ0) is 15.9. The fraction of sp³-hybridized carbons (Fsp3) is 0.100. The minimum Gasteiger partial charge on any atom is -0.262 e. The summed E-state index contributed by atoms with van der Waals surface area (Å²) in [5, 5.41) is 0. The summed E-state index contributed by atoms with van der Waals surface area (Å²) in [7, 11) is 0. The lowest BCUT2D eigenvalue weighted by atomic mass is 10.0. The molecule has 0 aliphatic carbocycles. The highest BCUT2D eigenvalue weighted by molar-refractivity contribution is 5.75. The van der Waals surface area contributed by atoms with Gasteiger partial charge in [0.2, 0.25) is 0 Å². The first-order valence-electron chi connectivity index (χ1n) is 7.11. The Labute approximate surface area is 132 Å². The zero-order valence-corrected chi connectivity index (χ0v) is 12.8. The molecule has 0 amide bonds. The third-order valence-corrected chi connectivity index (χ3v) is 3.24. The molecule has 0 aromatic carbocycles. The minimum absolute atomic E-state index is 0.717. The standard InChI is InChI=1S/C20H20N2/c1-15-7-5-10-22-20(11-15)13-17(3)16(2)12-19-8-6-9-21-18(4)14-19/h5-10,12-13H,1-4,11,14H2/b19-12-,20-13+. The van der Waals surface area contributed by atoms with Crippen LogP contribution in [0.3, 0.4) is 0 Å². The van der Waals surface area contributed by atoms with Crippen LogP contribution >= 0.6 is 0 Å². The largest absolute Gasteiger partial charge is 0.262 e. The van der Waals surface area contributed by atoms with E-state index in [2.05, 4.69) is 36.3 Å². The molecule has 2 heterocycles. The smallest absolute Gasteiger partial charge is 0.0453 e. The number of aliphatic imine (C=N–C) groups is 2. The topological polar surface area (TPSA) is 24.7 Å². The van der Waals surface area contributed by atoms with Crippen molar-refractivity contribution in [3.05, 3.63) is 96.5 Å². The van der Waals surface area contributed by atoms with Crippen LogP contribution < -0.4 is 0 Å². The van der Waals surface area contributed by atoms with E-state index >= 15 is 0 Å². The molecule has 0 aromatic heterocycles. The number of hydrogen-bond donors (Lipinski definition) is 0. The van der Waals surface area contributed by atoms with Crippen molar-refractivity contribution in [1.82, 2.24) is 0 Å². The van der Waals surface area contributed by atoms with E-state index in [1.165, 1.54) is 0 Å². The van der Waals surface area contributed by atoms with Gasteiger partial charge in [0.15, 0.2) is 0 Å². The molecule has 0 radical (unpaired) electrons. The molecule has 0 saturated heterocycles. The SMILES string of the molecule is C=C1C=CC=N/C(=C/C(=C)C(=C)/C=C2/C=CC=NC(=C)C2)C1. The highest BCUT2D eigenvalue weighted by atomic mass is 14.7. The molecular weight excluding hydrogens is 268 g/mol. The molecule has 22 heavy (non-hydrogen) atoms. The molecule has 0 unspecified atom stereocenters. The molecule has 0 atom stereocenters. The zero-order valence-electron chi connectivity index (χ0n) is 12.8. The van der Waals surface area contributed by atoms with Crippen molar-refractivity contribution >= 4 is 12.4 Å². The highest BCUT2D eigenvalue weighted by Crippen LogP contribution is 2.22. The van der Waals surface area contributed by atoms with Crippen molar-refractivity contribution in [2.45, 2.75) is 12.8 Å². The lowest BCUT2D eigenvalue weighted by Gasteiger charge is -2.06. The van der Waals surface area contributed by atoms with Crippen molar-refractivity contribution in [3.8, 4) is 0 Å². The van der Waals surface area contributed by atoms with E-state index in [1.807, 2.05) is 36.5 Å². The van der Waals surface area contributed by atoms with Gasteiger partial charge in [0.1, 0.15) is 0 Å². The van der Waals surface area contributed by atoms with Gasteiger partial charge in [-0.3, -0.25) is 9.98 Å². The first-order chi connectivity index (χ1) is 10.5. The van der Waals surface area contributed by atoms with Gasteiger partial charge >= 0.3 is 0 Å². The van der Waals surface area contributed by atoms with Crippen LogP contribution in [0.4, 0.5) is 0 Å². The quantitative estimate of drug-likeness (QED) is 0.650. The van der Waals surface area contributed by atoms with Gasteiger partial charge in [-0.1, -0.05) is 44.5 Å². The molecular formula is C20H20N2. The monoisotopic (exact) mass is 288 g/mol. The van der Waals surface area contributed by atoms with E-state index in [0.29, 0.717) is 0 Å². The molecule has 2 heteroatoms. The Morgan fingerprint density at radius 2 is 1.59 bits per heavy atom. The maximum Gasteiger partial charge on any atom is 0.0453 e. The third-order valence-electron chi connectivity index (χ3n) is 3.24. The number of rotatable bonds is 3. The molecule has 0 bridgehead atoms. The minimum atomic E-state index is 0.717.